The molecule has 1 aromatic carbocycles. The van der Waals surface area contributed by atoms with Gasteiger partial charge < -0.3 is 11.1 Å². The summed E-state index contributed by atoms with van der Waals surface area (Å²) in [4.78, 5) is 12.4. The van der Waals surface area contributed by atoms with Gasteiger partial charge in [0.15, 0.2) is 0 Å². The molecule has 0 aromatic heterocycles. The molecule has 0 spiro atoms. The highest BCUT2D eigenvalue weighted by Gasteiger charge is 2.18. The predicted molar refractivity (Wildman–Crippen MR) is 93.6 cm³/mol. The van der Waals surface area contributed by atoms with Crippen LogP contribution in [-0.2, 0) is 4.79 Å². The van der Waals surface area contributed by atoms with Crippen molar-refractivity contribution in [2.45, 2.75) is 46.1 Å². The van der Waals surface area contributed by atoms with Gasteiger partial charge in [0.2, 0.25) is 5.91 Å². The molecule has 0 aliphatic carbocycles. The average Bonchev–Trinajstić information content (AvgIpc) is 2.45. The first kappa shape index (κ1) is 16.5. The normalized spacial score (nSPS) is 26.1. The Morgan fingerprint density at radius 3 is 2.73 bits per heavy atom. The van der Waals surface area contributed by atoms with Crippen molar-refractivity contribution in [1.82, 2.24) is 0 Å². The van der Waals surface area contributed by atoms with Gasteiger partial charge in [0.25, 0.3) is 0 Å². The van der Waals surface area contributed by atoms with Crippen molar-refractivity contribution >= 4 is 17.2 Å². The van der Waals surface area contributed by atoms with Gasteiger partial charge in [-0.05, 0) is 49.5 Å². The Morgan fingerprint density at radius 2 is 2.00 bits per heavy atom. The molecular formula is C19H26N2O. The summed E-state index contributed by atoms with van der Waals surface area (Å²) < 4.78 is 0. The summed E-state index contributed by atoms with van der Waals surface area (Å²) in [6.45, 7) is 10.2. The molecule has 2 rings (SSSR count). The molecule has 3 N–H and O–H groups in total. The van der Waals surface area contributed by atoms with Gasteiger partial charge in [0.1, 0.15) is 0 Å². The minimum atomic E-state index is -0.0443. The van der Waals surface area contributed by atoms with Gasteiger partial charge in [0.05, 0.1) is 0 Å². The van der Waals surface area contributed by atoms with Crippen molar-refractivity contribution in [3.05, 3.63) is 47.6 Å². The lowest BCUT2D eigenvalue weighted by atomic mass is 9.92. The number of fused-ring (bicyclic) bond motifs is 1. The third-order valence-electron chi connectivity index (χ3n) is 4.40. The van der Waals surface area contributed by atoms with Crippen molar-refractivity contribution in [3.8, 4) is 0 Å². The Hall–Kier alpha value is -1.87. The van der Waals surface area contributed by atoms with E-state index in [2.05, 4.69) is 24.9 Å². The van der Waals surface area contributed by atoms with Crippen LogP contribution in [0.2, 0.25) is 0 Å². The average molecular weight is 298 g/mol. The van der Waals surface area contributed by atoms with Crippen molar-refractivity contribution in [1.29, 1.82) is 0 Å². The summed E-state index contributed by atoms with van der Waals surface area (Å²) in [5.41, 5.74) is 11.3. The van der Waals surface area contributed by atoms with Crippen LogP contribution >= 0.6 is 0 Å². The summed E-state index contributed by atoms with van der Waals surface area (Å²) in [6.07, 6.45) is 4.69. The fourth-order valence-corrected chi connectivity index (χ4v) is 2.97. The van der Waals surface area contributed by atoms with E-state index in [0.29, 0.717) is 0 Å². The fraction of sp³-hybridized carbons (Fsp3) is 0.421. The molecule has 0 bridgehead atoms. The van der Waals surface area contributed by atoms with Gasteiger partial charge >= 0.3 is 0 Å². The summed E-state index contributed by atoms with van der Waals surface area (Å²) in [5, 5.41) is 3.08. The molecule has 3 nitrogen and oxygen atoms in total. The second-order valence-corrected chi connectivity index (χ2v) is 6.33. The van der Waals surface area contributed by atoms with Crippen LogP contribution < -0.4 is 11.1 Å². The monoisotopic (exact) mass is 298 g/mol. The Morgan fingerprint density at radius 1 is 1.27 bits per heavy atom. The van der Waals surface area contributed by atoms with Crippen molar-refractivity contribution in [2.75, 3.05) is 5.32 Å². The highest BCUT2D eigenvalue weighted by atomic mass is 16.1. The third kappa shape index (κ3) is 3.66. The zero-order valence-corrected chi connectivity index (χ0v) is 13.8. The Bertz CT molecular complexity index is 616. The van der Waals surface area contributed by atoms with E-state index in [0.717, 1.165) is 47.2 Å². The van der Waals surface area contributed by atoms with Gasteiger partial charge in [-0.2, -0.15) is 0 Å². The second-order valence-electron chi connectivity index (χ2n) is 6.33. The predicted octanol–water partition coefficient (Wildman–Crippen LogP) is 4.04. The number of carbonyl (C=O) groups excluding carboxylic acids is 1. The minimum absolute atomic E-state index is 0.0162. The maximum atomic E-state index is 12.4. The molecule has 1 heterocycles. The lowest BCUT2D eigenvalue weighted by molar-refractivity contribution is -0.119. The number of carbonyl (C=O) groups is 1. The van der Waals surface area contributed by atoms with Crippen LogP contribution in [0.15, 0.2) is 36.4 Å². The molecule has 1 amide bonds. The van der Waals surface area contributed by atoms with Crippen LogP contribution in [0.5, 0.6) is 0 Å². The van der Waals surface area contributed by atoms with Gasteiger partial charge in [-0.1, -0.05) is 38.1 Å². The zero-order valence-electron chi connectivity index (χ0n) is 13.8. The number of hydrogen-bond donors (Lipinski definition) is 2. The molecule has 0 fully saturated rings. The number of allylic oxidation sites excluding steroid dienone is 1. The van der Waals surface area contributed by atoms with Gasteiger partial charge in [-0.25, -0.2) is 0 Å². The van der Waals surface area contributed by atoms with E-state index in [1.807, 2.05) is 32.1 Å². The molecule has 0 saturated heterocycles. The molecule has 0 radical (unpaired) electrons. The number of anilines is 1. The van der Waals surface area contributed by atoms with E-state index < -0.39 is 0 Å². The Balaban J connectivity index is 2.50. The lowest BCUT2D eigenvalue weighted by Crippen LogP contribution is -2.24. The van der Waals surface area contributed by atoms with Crippen LogP contribution in [0.1, 0.15) is 44.2 Å². The number of rotatable bonds is 0. The number of nitrogens with one attached hydrogen (secondary N) is 1. The van der Waals surface area contributed by atoms with E-state index in [4.69, 9.17) is 5.73 Å². The molecule has 0 unspecified atom stereocenters. The largest absolute Gasteiger partial charge is 0.325 e. The molecule has 22 heavy (non-hydrogen) atoms. The van der Waals surface area contributed by atoms with Crippen molar-refractivity contribution in [2.24, 2.45) is 11.7 Å². The molecule has 1 aliphatic heterocycles. The Labute approximate surface area is 133 Å². The van der Waals surface area contributed by atoms with E-state index in [1.54, 1.807) is 0 Å². The van der Waals surface area contributed by atoms with E-state index >= 15 is 0 Å². The van der Waals surface area contributed by atoms with Crippen LogP contribution in [-0.4, -0.2) is 11.9 Å². The first-order chi connectivity index (χ1) is 10.4. The number of benzene rings is 1. The topological polar surface area (TPSA) is 55.1 Å². The summed E-state index contributed by atoms with van der Waals surface area (Å²) >= 11 is 0. The lowest BCUT2D eigenvalue weighted by Gasteiger charge is -2.20. The number of amides is 1. The SMILES string of the molecule is C=C1/C=C(\C)c2c(C)cccc2NC(=O)[C@H](C)CCC[C@@H]1N. The minimum Gasteiger partial charge on any atom is -0.325 e. The molecule has 3 heteroatoms. The van der Waals surface area contributed by atoms with Crippen LogP contribution in [0.4, 0.5) is 5.69 Å². The van der Waals surface area contributed by atoms with Gasteiger partial charge in [-0.3, -0.25) is 4.79 Å². The smallest absolute Gasteiger partial charge is 0.227 e. The zero-order chi connectivity index (χ0) is 16.3. The van der Waals surface area contributed by atoms with Crippen LogP contribution in [0.25, 0.3) is 5.57 Å². The number of hydrogen-bond acceptors (Lipinski definition) is 2. The Kier molecular flexibility index (Phi) is 5.19. The fourth-order valence-electron chi connectivity index (χ4n) is 2.97. The van der Waals surface area contributed by atoms with Gasteiger partial charge in [0, 0.05) is 23.2 Å². The molecule has 1 aromatic rings. The molecule has 1 aliphatic rings. The highest BCUT2D eigenvalue weighted by Crippen LogP contribution is 2.30. The van der Waals surface area contributed by atoms with Crippen molar-refractivity contribution in [3.63, 3.8) is 0 Å². The van der Waals surface area contributed by atoms with Crippen molar-refractivity contribution < 1.29 is 4.79 Å². The highest BCUT2D eigenvalue weighted by molar-refractivity contribution is 5.96. The summed E-state index contributed by atoms with van der Waals surface area (Å²) in [7, 11) is 0. The molecule has 118 valence electrons. The van der Waals surface area contributed by atoms with E-state index in [1.165, 1.54) is 0 Å². The standard InChI is InChI=1S/C19H26N2O/c1-12-7-6-10-17-18(12)15(4)11-14(3)16(20)9-5-8-13(2)19(22)21-17/h6-7,10-11,13,16H,3,5,8-9,20H2,1-2,4H3,(H,21,22)/b15-11+/t13-,16+/m1/s1. The van der Waals surface area contributed by atoms with E-state index in [9.17, 15) is 4.79 Å². The van der Waals surface area contributed by atoms with Gasteiger partial charge in [-0.15, -0.1) is 0 Å². The number of aryl methyl sites for hydroxylation is 1. The third-order valence-corrected chi connectivity index (χ3v) is 4.40. The van der Waals surface area contributed by atoms with E-state index in [-0.39, 0.29) is 17.9 Å². The second kappa shape index (κ2) is 6.93. The number of nitrogens with two attached hydrogens (primary N) is 1. The maximum absolute atomic E-state index is 12.4. The molecular weight excluding hydrogens is 272 g/mol. The van der Waals surface area contributed by atoms with Crippen LogP contribution in [0.3, 0.4) is 0 Å². The maximum Gasteiger partial charge on any atom is 0.227 e. The summed E-state index contributed by atoms with van der Waals surface area (Å²) in [5.74, 6) is 0.0603. The summed E-state index contributed by atoms with van der Waals surface area (Å²) in [6, 6.07) is 5.94. The molecule has 2 atom stereocenters. The first-order valence-electron chi connectivity index (χ1n) is 7.93. The first-order valence-corrected chi connectivity index (χ1v) is 7.93. The molecule has 0 saturated carbocycles. The van der Waals surface area contributed by atoms with Crippen LogP contribution in [0, 0.1) is 12.8 Å². The quantitative estimate of drug-likeness (QED) is 0.759.